The SMILES string of the molecule is CCn1nc(-c2ccc(F)nc2)nc1Nc1ccc(-c2cn(C3CCCCO3)nc2F)c(F)c1. The molecule has 4 aromatic rings. The summed E-state index contributed by atoms with van der Waals surface area (Å²) in [6.07, 6.45) is 5.15. The van der Waals surface area contributed by atoms with Gasteiger partial charge in [0.25, 0.3) is 0 Å². The van der Waals surface area contributed by atoms with Gasteiger partial charge in [0, 0.05) is 42.4 Å². The van der Waals surface area contributed by atoms with E-state index in [0.717, 1.165) is 19.3 Å². The number of aryl methyl sites for hydroxylation is 1. The predicted molar refractivity (Wildman–Crippen MR) is 119 cm³/mol. The van der Waals surface area contributed by atoms with Crippen LogP contribution in [0.2, 0.25) is 0 Å². The van der Waals surface area contributed by atoms with Crippen LogP contribution in [-0.2, 0) is 11.3 Å². The zero-order valence-electron chi connectivity index (χ0n) is 18.4. The Hall–Kier alpha value is -3.73. The summed E-state index contributed by atoms with van der Waals surface area (Å²) in [5.74, 6) is -1.23. The maximum Gasteiger partial charge on any atom is 0.240 e. The van der Waals surface area contributed by atoms with E-state index in [-0.39, 0.29) is 17.4 Å². The lowest BCUT2D eigenvalue weighted by Crippen LogP contribution is -2.18. The molecule has 5 rings (SSSR count). The second kappa shape index (κ2) is 9.26. The third-order valence-electron chi connectivity index (χ3n) is 5.61. The number of halogens is 3. The highest BCUT2D eigenvalue weighted by atomic mass is 19.1. The van der Waals surface area contributed by atoms with E-state index >= 15 is 0 Å². The van der Waals surface area contributed by atoms with Crippen molar-refractivity contribution >= 4 is 11.6 Å². The molecule has 34 heavy (non-hydrogen) atoms. The lowest BCUT2D eigenvalue weighted by atomic mass is 10.1. The quantitative estimate of drug-likeness (QED) is 0.397. The molecule has 0 aliphatic carbocycles. The van der Waals surface area contributed by atoms with Crippen LogP contribution in [0.5, 0.6) is 0 Å². The van der Waals surface area contributed by atoms with E-state index in [0.29, 0.717) is 36.2 Å². The van der Waals surface area contributed by atoms with Gasteiger partial charge >= 0.3 is 0 Å². The summed E-state index contributed by atoms with van der Waals surface area (Å²) in [5.41, 5.74) is 1.13. The average Bonchev–Trinajstić information content (AvgIpc) is 3.43. The molecule has 0 amide bonds. The number of hydrogen-bond donors (Lipinski definition) is 1. The second-order valence-corrected chi connectivity index (χ2v) is 7.90. The number of anilines is 2. The number of nitrogens with zero attached hydrogens (tertiary/aromatic N) is 6. The van der Waals surface area contributed by atoms with E-state index in [1.807, 2.05) is 6.92 Å². The van der Waals surface area contributed by atoms with Crippen molar-refractivity contribution in [1.82, 2.24) is 29.5 Å². The van der Waals surface area contributed by atoms with Crippen molar-refractivity contribution in [3.63, 3.8) is 0 Å². The Bertz CT molecular complexity index is 1300. The summed E-state index contributed by atoms with van der Waals surface area (Å²) in [7, 11) is 0. The minimum Gasteiger partial charge on any atom is -0.357 e. The van der Waals surface area contributed by atoms with Gasteiger partial charge in [-0.05, 0) is 56.5 Å². The molecular weight excluding hydrogens is 447 g/mol. The molecule has 0 saturated carbocycles. The fourth-order valence-corrected chi connectivity index (χ4v) is 3.86. The largest absolute Gasteiger partial charge is 0.357 e. The van der Waals surface area contributed by atoms with Crippen LogP contribution in [0, 0.1) is 17.7 Å². The van der Waals surface area contributed by atoms with Crippen LogP contribution in [-0.4, -0.2) is 36.1 Å². The van der Waals surface area contributed by atoms with Crippen LogP contribution in [0.15, 0.2) is 42.7 Å². The molecule has 1 aromatic carbocycles. The van der Waals surface area contributed by atoms with Gasteiger partial charge in [0.05, 0.1) is 5.56 Å². The fourth-order valence-electron chi connectivity index (χ4n) is 3.86. The van der Waals surface area contributed by atoms with Crippen LogP contribution in [0.3, 0.4) is 0 Å². The van der Waals surface area contributed by atoms with Crippen molar-refractivity contribution in [2.45, 2.75) is 39.0 Å². The monoisotopic (exact) mass is 469 g/mol. The molecule has 1 saturated heterocycles. The lowest BCUT2D eigenvalue weighted by Gasteiger charge is -2.22. The molecule has 0 radical (unpaired) electrons. The van der Waals surface area contributed by atoms with Gasteiger partial charge in [0.15, 0.2) is 5.82 Å². The van der Waals surface area contributed by atoms with Crippen LogP contribution >= 0.6 is 0 Å². The van der Waals surface area contributed by atoms with Crippen LogP contribution in [0.25, 0.3) is 22.5 Å². The first kappa shape index (κ1) is 22.1. The number of ether oxygens (including phenoxy) is 1. The number of rotatable bonds is 6. The first-order valence-electron chi connectivity index (χ1n) is 11.0. The van der Waals surface area contributed by atoms with Crippen LogP contribution in [0.4, 0.5) is 24.8 Å². The third-order valence-corrected chi connectivity index (χ3v) is 5.61. The van der Waals surface area contributed by atoms with E-state index in [1.54, 1.807) is 10.7 Å². The predicted octanol–water partition coefficient (Wildman–Crippen LogP) is 5.08. The van der Waals surface area contributed by atoms with Gasteiger partial charge in [-0.25, -0.2) is 18.7 Å². The van der Waals surface area contributed by atoms with Crippen molar-refractivity contribution in [2.24, 2.45) is 0 Å². The Morgan fingerprint density at radius 1 is 1.09 bits per heavy atom. The molecule has 1 atom stereocenters. The molecule has 1 N–H and O–H groups in total. The first-order valence-corrected chi connectivity index (χ1v) is 11.0. The molecule has 1 fully saturated rings. The molecule has 176 valence electrons. The maximum atomic E-state index is 15.0. The highest BCUT2D eigenvalue weighted by molar-refractivity contribution is 5.68. The highest BCUT2D eigenvalue weighted by Gasteiger charge is 2.22. The number of nitrogens with one attached hydrogen (secondary N) is 1. The number of benzene rings is 1. The summed E-state index contributed by atoms with van der Waals surface area (Å²) in [6.45, 7) is 2.98. The smallest absolute Gasteiger partial charge is 0.240 e. The Morgan fingerprint density at radius 3 is 2.68 bits per heavy atom. The Labute approximate surface area is 193 Å². The first-order chi connectivity index (χ1) is 16.5. The van der Waals surface area contributed by atoms with Crippen molar-refractivity contribution < 1.29 is 17.9 Å². The van der Waals surface area contributed by atoms with Crippen LogP contribution in [0.1, 0.15) is 32.4 Å². The highest BCUT2D eigenvalue weighted by Crippen LogP contribution is 2.31. The molecule has 0 spiro atoms. The summed E-state index contributed by atoms with van der Waals surface area (Å²) >= 11 is 0. The van der Waals surface area contributed by atoms with Crippen molar-refractivity contribution in [3.05, 3.63) is 60.4 Å². The normalized spacial score (nSPS) is 16.1. The van der Waals surface area contributed by atoms with Gasteiger partial charge in [-0.2, -0.15) is 13.8 Å². The van der Waals surface area contributed by atoms with Gasteiger partial charge < -0.3 is 10.1 Å². The van der Waals surface area contributed by atoms with E-state index in [4.69, 9.17) is 4.74 Å². The summed E-state index contributed by atoms with van der Waals surface area (Å²) in [5, 5.41) is 11.3. The summed E-state index contributed by atoms with van der Waals surface area (Å²) < 4.78 is 51.3. The maximum absolute atomic E-state index is 15.0. The standard InChI is InChI=1S/C23H22F3N7O/c1-2-32-23(29-22(31-32)14-6-9-19(25)27-12-14)28-15-7-8-16(18(24)11-15)17-13-33(30-21(17)26)20-5-3-4-10-34-20/h6-9,11-13,20H,2-5,10H2,1H3,(H,28,29,31). The molecule has 11 heteroatoms. The average molecular weight is 469 g/mol. The molecule has 1 unspecified atom stereocenters. The van der Waals surface area contributed by atoms with Gasteiger partial charge in [0.2, 0.25) is 17.8 Å². The van der Waals surface area contributed by atoms with Gasteiger partial charge in [0.1, 0.15) is 12.0 Å². The van der Waals surface area contributed by atoms with Crippen molar-refractivity contribution in [2.75, 3.05) is 11.9 Å². The Kier molecular flexibility index (Phi) is 6.01. The number of hydrogen-bond acceptors (Lipinski definition) is 6. The van der Waals surface area contributed by atoms with Crippen molar-refractivity contribution in [3.8, 4) is 22.5 Å². The van der Waals surface area contributed by atoms with Gasteiger partial charge in [-0.3, -0.25) is 0 Å². The fraction of sp³-hybridized carbons (Fsp3) is 0.304. The topological polar surface area (TPSA) is 82.7 Å². The Morgan fingerprint density at radius 2 is 1.97 bits per heavy atom. The molecule has 4 heterocycles. The minimum absolute atomic E-state index is 0.0704. The molecule has 3 aromatic heterocycles. The summed E-state index contributed by atoms with van der Waals surface area (Å²) in [6, 6.07) is 7.13. The third kappa shape index (κ3) is 4.38. The molecule has 8 nitrogen and oxygen atoms in total. The van der Waals surface area contributed by atoms with E-state index in [2.05, 4.69) is 25.5 Å². The minimum atomic E-state index is -0.753. The zero-order valence-corrected chi connectivity index (χ0v) is 18.4. The van der Waals surface area contributed by atoms with Gasteiger partial charge in [-0.15, -0.1) is 10.2 Å². The number of pyridine rings is 1. The van der Waals surface area contributed by atoms with Crippen molar-refractivity contribution in [1.29, 1.82) is 0 Å². The number of aromatic nitrogens is 6. The molecule has 1 aliphatic rings. The second-order valence-electron chi connectivity index (χ2n) is 7.90. The van der Waals surface area contributed by atoms with Crippen LogP contribution < -0.4 is 5.32 Å². The van der Waals surface area contributed by atoms with E-state index in [1.165, 1.54) is 41.3 Å². The summed E-state index contributed by atoms with van der Waals surface area (Å²) in [4.78, 5) is 8.05. The zero-order chi connectivity index (χ0) is 23.7. The Balaban J connectivity index is 1.39. The molecule has 1 aliphatic heterocycles. The lowest BCUT2D eigenvalue weighted by molar-refractivity contribution is -0.0402. The van der Waals surface area contributed by atoms with E-state index in [9.17, 15) is 13.2 Å². The van der Waals surface area contributed by atoms with E-state index < -0.39 is 17.7 Å². The molecule has 0 bridgehead atoms. The van der Waals surface area contributed by atoms with Gasteiger partial charge in [-0.1, -0.05) is 0 Å². The molecular formula is C23H22F3N7O.